The number of alkyl halides is 3. The van der Waals surface area contributed by atoms with Crippen molar-refractivity contribution in [2.24, 2.45) is 11.8 Å². The number of carbonyl (C=O) groups is 4. The molecule has 1 aromatic rings. The second kappa shape index (κ2) is 9.98. The highest BCUT2D eigenvalue weighted by Crippen LogP contribution is 2.39. The molecular formula is C22H20F3N3O7. The topological polar surface area (TPSA) is 123 Å². The molecule has 2 aliphatic carbocycles. The van der Waals surface area contributed by atoms with E-state index >= 15 is 0 Å². The molecule has 0 radical (unpaired) electrons. The second-order valence-corrected chi connectivity index (χ2v) is 7.88. The van der Waals surface area contributed by atoms with Gasteiger partial charge in [-0.2, -0.15) is 23.2 Å². The number of allylic oxidation sites excluding steroid dienone is 3. The summed E-state index contributed by atoms with van der Waals surface area (Å²) in [4.78, 5) is 59.1. The van der Waals surface area contributed by atoms with Gasteiger partial charge in [0.1, 0.15) is 6.54 Å². The zero-order valence-electron chi connectivity index (χ0n) is 18.1. The molecule has 186 valence electrons. The number of hydrazine groups is 2. The van der Waals surface area contributed by atoms with Gasteiger partial charge in [0.15, 0.2) is 17.3 Å². The van der Waals surface area contributed by atoms with E-state index in [-0.39, 0.29) is 36.5 Å². The van der Waals surface area contributed by atoms with Crippen LogP contribution < -0.4 is 10.9 Å². The van der Waals surface area contributed by atoms with E-state index in [0.717, 1.165) is 6.08 Å². The van der Waals surface area contributed by atoms with Gasteiger partial charge in [-0.3, -0.25) is 14.5 Å². The highest BCUT2D eigenvalue weighted by atomic mass is 19.4. The number of nitrogens with zero attached hydrogens (tertiary/aromatic N) is 1. The fourth-order valence-electron chi connectivity index (χ4n) is 3.94. The van der Waals surface area contributed by atoms with E-state index in [1.165, 1.54) is 23.3 Å². The predicted octanol–water partition coefficient (Wildman–Crippen LogP) is 1.76. The second-order valence-electron chi connectivity index (χ2n) is 7.88. The van der Waals surface area contributed by atoms with E-state index < -0.39 is 47.3 Å². The monoisotopic (exact) mass is 495 g/mol. The molecule has 0 saturated carbocycles. The van der Waals surface area contributed by atoms with Crippen molar-refractivity contribution in [1.82, 2.24) is 16.0 Å². The van der Waals surface area contributed by atoms with Gasteiger partial charge < -0.3 is 10.2 Å². The van der Waals surface area contributed by atoms with Crippen LogP contribution in [0.25, 0.3) is 0 Å². The maximum atomic E-state index is 13.4. The highest BCUT2D eigenvalue weighted by Gasteiger charge is 2.47. The fourth-order valence-corrected chi connectivity index (χ4v) is 3.94. The predicted molar refractivity (Wildman–Crippen MR) is 110 cm³/mol. The summed E-state index contributed by atoms with van der Waals surface area (Å²) in [5.41, 5.74) is 5.52. The number of hydrogen-bond donors (Lipinski definition) is 2. The molecule has 3 aliphatic rings. The van der Waals surface area contributed by atoms with Gasteiger partial charge in [0, 0.05) is 17.7 Å². The minimum atomic E-state index is -5.29. The SMILES string of the molecule is O=C1CNN(NC2=C(OC(=O)C(F)(F)F)C=CC3C(=O)c4ccccc4C(=O)C23)CCCCOO1. The van der Waals surface area contributed by atoms with Crippen molar-refractivity contribution in [2.75, 3.05) is 19.7 Å². The van der Waals surface area contributed by atoms with E-state index in [9.17, 15) is 32.3 Å². The van der Waals surface area contributed by atoms with E-state index in [1.807, 2.05) is 0 Å². The lowest BCUT2D eigenvalue weighted by molar-refractivity contribution is -0.273. The summed E-state index contributed by atoms with van der Waals surface area (Å²) in [6.07, 6.45) is -2.03. The quantitative estimate of drug-likeness (QED) is 0.474. The maximum absolute atomic E-state index is 13.4. The average Bonchev–Trinajstić information content (AvgIpc) is 2.83. The average molecular weight is 495 g/mol. The Kier molecular flexibility index (Phi) is 7.00. The maximum Gasteiger partial charge on any atom is 0.491 e. The van der Waals surface area contributed by atoms with Gasteiger partial charge in [-0.1, -0.05) is 30.3 Å². The van der Waals surface area contributed by atoms with Crippen LogP contribution in [0.2, 0.25) is 0 Å². The van der Waals surface area contributed by atoms with Crippen molar-refractivity contribution in [1.29, 1.82) is 0 Å². The third kappa shape index (κ3) is 5.26. The zero-order chi connectivity index (χ0) is 25.2. The lowest BCUT2D eigenvalue weighted by Gasteiger charge is -2.36. The number of benzene rings is 1. The molecule has 35 heavy (non-hydrogen) atoms. The first-order valence-corrected chi connectivity index (χ1v) is 10.7. The van der Waals surface area contributed by atoms with Crippen LogP contribution in [0, 0.1) is 11.8 Å². The number of ketones is 2. The Morgan fingerprint density at radius 2 is 1.83 bits per heavy atom. The molecule has 2 atom stereocenters. The Morgan fingerprint density at radius 3 is 2.54 bits per heavy atom. The van der Waals surface area contributed by atoms with E-state index in [1.54, 1.807) is 12.1 Å². The number of hydrogen-bond acceptors (Lipinski definition) is 10. The third-order valence-electron chi connectivity index (χ3n) is 5.55. The molecule has 1 fully saturated rings. The van der Waals surface area contributed by atoms with Crippen LogP contribution in [0.1, 0.15) is 33.6 Å². The molecule has 0 amide bonds. The molecule has 13 heteroatoms. The van der Waals surface area contributed by atoms with E-state index in [2.05, 4.69) is 20.5 Å². The van der Waals surface area contributed by atoms with Crippen LogP contribution in [-0.4, -0.2) is 54.5 Å². The molecule has 1 saturated heterocycles. The molecule has 2 N–H and O–H groups in total. The van der Waals surface area contributed by atoms with Crippen LogP contribution in [0.5, 0.6) is 0 Å². The molecule has 2 unspecified atom stereocenters. The molecule has 1 heterocycles. The number of rotatable bonds is 3. The Hall–Kier alpha value is -3.55. The summed E-state index contributed by atoms with van der Waals surface area (Å²) >= 11 is 0. The van der Waals surface area contributed by atoms with Crippen LogP contribution in [0.4, 0.5) is 13.2 Å². The van der Waals surface area contributed by atoms with Gasteiger partial charge in [-0.05, 0) is 18.9 Å². The number of Topliss-reactive ketones (excluding diaryl/α,β-unsaturated/α-hetero) is 2. The van der Waals surface area contributed by atoms with Crippen LogP contribution in [-0.2, 0) is 24.1 Å². The number of ether oxygens (including phenoxy) is 1. The Bertz CT molecular complexity index is 1120. The molecular weight excluding hydrogens is 475 g/mol. The first-order chi connectivity index (χ1) is 16.7. The van der Waals surface area contributed by atoms with Crippen molar-refractivity contribution in [3.05, 3.63) is 59.0 Å². The van der Waals surface area contributed by atoms with Gasteiger partial charge in [-0.15, -0.1) is 0 Å². The molecule has 0 spiro atoms. The molecule has 0 aromatic heterocycles. The van der Waals surface area contributed by atoms with Crippen molar-refractivity contribution in [3.8, 4) is 0 Å². The van der Waals surface area contributed by atoms with Crippen molar-refractivity contribution >= 4 is 23.5 Å². The van der Waals surface area contributed by atoms with Gasteiger partial charge in [0.05, 0.1) is 24.1 Å². The molecule has 4 rings (SSSR count). The third-order valence-corrected chi connectivity index (χ3v) is 5.55. The van der Waals surface area contributed by atoms with Crippen LogP contribution >= 0.6 is 0 Å². The molecule has 1 aromatic carbocycles. The summed E-state index contributed by atoms with van der Waals surface area (Å²) < 4.78 is 43.4. The standard InChI is InChI=1S/C22H20F3N3O7/c23-22(24,25)21(32)34-15-8-7-14-17(20(31)13-6-2-1-5-12(13)19(14)30)18(15)27-28-9-3-4-10-33-35-16(29)11-26-28/h1-2,5-8,14,17,26-27H,3-4,9-11H2. The molecule has 1 aliphatic heterocycles. The van der Waals surface area contributed by atoms with E-state index in [4.69, 9.17) is 4.89 Å². The number of nitrogens with one attached hydrogen (secondary N) is 2. The van der Waals surface area contributed by atoms with Crippen LogP contribution in [0.3, 0.4) is 0 Å². The lowest BCUT2D eigenvalue weighted by Crippen LogP contribution is -2.54. The normalized spacial score (nSPS) is 23.8. The van der Waals surface area contributed by atoms with Crippen molar-refractivity contribution in [2.45, 2.75) is 19.0 Å². The van der Waals surface area contributed by atoms with Gasteiger partial charge in [-0.25, -0.2) is 15.0 Å². The summed E-state index contributed by atoms with van der Waals surface area (Å²) in [6.45, 7) is -0.0357. The fraction of sp³-hybridized carbons (Fsp3) is 0.364. The summed E-state index contributed by atoms with van der Waals surface area (Å²) in [7, 11) is 0. The minimum absolute atomic E-state index is 0.101. The molecule has 10 nitrogen and oxygen atoms in total. The van der Waals surface area contributed by atoms with Gasteiger partial charge in [0.25, 0.3) is 0 Å². The minimum Gasteiger partial charge on any atom is -0.418 e. The largest absolute Gasteiger partial charge is 0.491 e. The lowest BCUT2D eigenvalue weighted by atomic mass is 9.70. The highest BCUT2D eigenvalue weighted by molar-refractivity contribution is 6.17. The van der Waals surface area contributed by atoms with Crippen molar-refractivity contribution < 1.29 is 46.9 Å². The first-order valence-electron chi connectivity index (χ1n) is 10.7. The Balaban J connectivity index is 1.71. The smallest absolute Gasteiger partial charge is 0.418 e. The number of halogens is 3. The van der Waals surface area contributed by atoms with Crippen LogP contribution in [0.15, 0.2) is 47.9 Å². The first kappa shape index (κ1) is 24.6. The summed E-state index contributed by atoms with van der Waals surface area (Å²) in [5, 5.41) is 1.26. The number of esters is 1. The molecule has 0 bridgehead atoms. The Morgan fingerprint density at radius 1 is 1.11 bits per heavy atom. The van der Waals surface area contributed by atoms with E-state index in [0.29, 0.717) is 12.8 Å². The van der Waals surface area contributed by atoms with Crippen molar-refractivity contribution in [3.63, 3.8) is 0 Å². The number of carbonyl (C=O) groups excluding carboxylic acids is 4. The Labute approximate surface area is 196 Å². The summed E-state index contributed by atoms with van der Waals surface area (Å²) in [6, 6.07) is 6.10. The zero-order valence-corrected chi connectivity index (χ0v) is 18.1. The summed E-state index contributed by atoms with van der Waals surface area (Å²) in [5.74, 6) is -7.09. The van der Waals surface area contributed by atoms with Gasteiger partial charge >= 0.3 is 18.1 Å². The number of fused-ring (bicyclic) bond motifs is 2. The van der Waals surface area contributed by atoms with Gasteiger partial charge in [0.2, 0.25) is 0 Å².